The van der Waals surface area contributed by atoms with Gasteiger partial charge in [0.15, 0.2) is 0 Å². The van der Waals surface area contributed by atoms with Gasteiger partial charge in [-0.15, -0.1) is 0 Å². The first-order valence-corrected chi connectivity index (χ1v) is 10.1. The highest BCUT2D eigenvalue weighted by molar-refractivity contribution is 7.93. The van der Waals surface area contributed by atoms with E-state index in [2.05, 4.69) is 6.58 Å². The Kier molecular flexibility index (Phi) is 3.57. The molecule has 5 heteroatoms. The largest absolute Gasteiger partial charge is 0.265 e. The number of aryl methyl sites for hydroxylation is 3. The molecule has 0 N–H and O–H groups in total. The lowest BCUT2D eigenvalue weighted by Crippen LogP contribution is -2.53. The van der Waals surface area contributed by atoms with Crippen molar-refractivity contribution in [3.05, 3.63) is 69.8 Å². The second-order valence-electron chi connectivity index (χ2n) is 7.08. The minimum absolute atomic E-state index is 0.167. The second kappa shape index (κ2) is 5.36. The minimum Gasteiger partial charge on any atom is -0.259 e. The molecular formula is C20H20ClNO2S. The summed E-state index contributed by atoms with van der Waals surface area (Å²) in [4.78, 5) is 0.391. The molecule has 0 spiro atoms. The highest BCUT2D eigenvalue weighted by Crippen LogP contribution is 2.57. The lowest BCUT2D eigenvalue weighted by atomic mass is 9.68. The molecule has 3 nitrogen and oxygen atoms in total. The smallest absolute Gasteiger partial charge is 0.259 e. The lowest BCUT2D eigenvalue weighted by Gasteiger charge is -2.52. The van der Waals surface area contributed by atoms with Crippen LogP contribution in [0, 0.1) is 20.8 Å². The van der Waals surface area contributed by atoms with Crippen LogP contribution in [-0.2, 0) is 10.0 Å². The molecule has 2 heterocycles. The summed E-state index contributed by atoms with van der Waals surface area (Å²) < 4.78 is 28.8. The minimum atomic E-state index is -3.70. The quantitative estimate of drug-likeness (QED) is 0.703. The standard InChI is InChI=1S/C20H20ClNO2S/c1-11-8-12(2)20(13(3)9-11)25(23,24)22-17-7-5-6-16(21)19(17)15-10-18(22)14(15)4/h5-9,15,18H,4,10H2,1-3H3. The number of benzene rings is 2. The Morgan fingerprint density at radius 2 is 1.80 bits per heavy atom. The average Bonchev–Trinajstić information content (AvgIpc) is 2.52. The van der Waals surface area contributed by atoms with Crippen LogP contribution in [0.2, 0.25) is 5.02 Å². The van der Waals surface area contributed by atoms with Crippen LogP contribution in [-0.4, -0.2) is 14.5 Å². The number of hydrogen-bond acceptors (Lipinski definition) is 2. The van der Waals surface area contributed by atoms with E-state index in [0.29, 0.717) is 15.6 Å². The van der Waals surface area contributed by atoms with Crippen molar-refractivity contribution < 1.29 is 8.42 Å². The number of halogens is 1. The molecule has 130 valence electrons. The number of nitrogens with zero attached hydrogens (tertiary/aromatic N) is 1. The molecule has 1 fully saturated rings. The van der Waals surface area contributed by atoms with Gasteiger partial charge in [0, 0.05) is 16.5 Å². The van der Waals surface area contributed by atoms with Crippen molar-refractivity contribution >= 4 is 27.3 Å². The third kappa shape index (κ3) is 2.20. The molecule has 0 saturated heterocycles. The zero-order chi connectivity index (χ0) is 18.1. The van der Waals surface area contributed by atoms with Gasteiger partial charge in [-0.05, 0) is 56.0 Å². The van der Waals surface area contributed by atoms with Gasteiger partial charge in [-0.25, -0.2) is 8.42 Å². The zero-order valence-corrected chi connectivity index (χ0v) is 16.1. The van der Waals surface area contributed by atoms with Gasteiger partial charge < -0.3 is 0 Å². The average molecular weight is 374 g/mol. The fourth-order valence-corrected chi connectivity index (χ4v) is 6.75. The molecule has 0 radical (unpaired) electrons. The fraction of sp³-hybridized carbons (Fsp3) is 0.300. The van der Waals surface area contributed by atoms with Gasteiger partial charge >= 0.3 is 0 Å². The van der Waals surface area contributed by atoms with Crippen molar-refractivity contribution in [2.24, 2.45) is 0 Å². The number of sulfonamides is 1. The summed E-state index contributed by atoms with van der Waals surface area (Å²) in [5.41, 5.74) is 5.13. The summed E-state index contributed by atoms with van der Waals surface area (Å²) in [7, 11) is -3.70. The molecule has 25 heavy (non-hydrogen) atoms. The highest BCUT2D eigenvalue weighted by Gasteiger charge is 2.51. The van der Waals surface area contributed by atoms with Crippen LogP contribution in [0.15, 0.2) is 47.4 Å². The van der Waals surface area contributed by atoms with Crippen molar-refractivity contribution in [3.63, 3.8) is 0 Å². The molecule has 0 aromatic heterocycles. The van der Waals surface area contributed by atoms with Crippen molar-refractivity contribution in [1.29, 1.82) is 0 Å². The molecule has 5 rings (SSSR count). The molecule has 3 aliphatic rings. The van der Waals surface area contributed by atoms with E-state index in [1.54, 1.807) is 4.31 Å². The van der Waals surface area contributed by atoms with E-state index in [0.717, 1.165) is 34.2 Å². The summed E-state index contributed by atoms with van der Waals surface area (Å²) in [5.74, 6) is 0.167. The molecule has 1 saturated carbocycles. The van der Waals surface area contributed by atoms with Gasteiger partial charge in [0.2, 0.25) is 0 Å². The van der Waals surface area contributed by atoms with Gasteiger partial charge in [0.05, 0.1) is 16.6 Å². The van der Waals surface area contributed by atoms with Crippen molar-refractivity contribution in [3.8, 4) is 0 Å². The van der Waals surface area contributed by atoms with Crippen LogP contribution >= 0.6 is 11.6 Å². The Morgan fingerprint density at radius 1 is 1.16 bits per heavy atom. The number of hydrogen-bond donors (Lipinski definition) is 0. The van der Waals surface area contributed by atoms with Gasteiger partial charge in [-0.1, -0.05) is 41.9 Å². The van der Waals surface area contributed by atoms with Crippen molar-refractivity contribution in [1.82, 2.24) is 0 Å². The van der Waals surface area contributed by atoms with Crippen LogP contribution in [0.5, 0.6) is 0 Å². The zero-order valence-electron chi connectivity index (χ0n) is 14.5. The summed E-state index contributed by atoms with van der Waals surface area (Å²) in [5, 5.41) is 0.611. The van der Waals surface area contributed by atoms with Crippen LogP contribution < -0.4 is 4.31 Å². The lowest BCUT2D eigenvalue weighted by molar-refractivity contribution is 0.455. The van der Waals surface area contributed by atoms with Crippen LogP contribution in [0.1, 0.15) is 34.6 Å². The first kappa shape index (κ1) is 16.7. The maximum absolute atomic E-state index is 13.6. The van der Waals surface area contributed by atoms with E-state index >= 15 is 0 Å². The normalized spacial score (nSPS) is 21.8. The Labute approximate surface area is 154 Å². The molecular weight excluding hydrogens is 354 g/mol. The summed E-state index contributed by atoms with van der Waals surface area (Å²) in [6, 6.07) is 9.14. The monoisotopic (exact) mass is 373 g/mol. The summed E-state index contributed by atoms with van der Waals surface area (Å²) in [6.45, 7) is 9.82. The van der Waals surface area contributed by atoms with E-state index in [1.807, 2.05) is 51.1 Å². The fourth-order valence-electron chi connectivity index (χ4n) is 4.35. The number of rotatable bonds is 2. The number of anilines is 1. The topological polar surface area (TPSA) is 37.4 Å². The Morgan fingerprint density at radius 3 is 2.40 bits per heavy atom. The molecule has 0 amide bonds. The Balaban J connectivity index is 1.97. The van der Waals surface area contributed by atoms with Gasteiger partial charge in [0.1, 0.15) is 0 Å². The van der Waals surface area contributed by atoms with E-state index in [1.165, 1.54) is 0 Å². The maximum Gasteiger partial charge on any atom is 0.265 e. The third-order valence-corrected chi connectivity index (χ3v) is 7.81. The van der Waals surface area contributed by atoms with Crippen LogP contribution in [0.4, 0.5) is 5.69 Å². The second-order valence-corrected chi connectivity index (χ2v) is 9.24. The van der Waals surface area contributed by atoms with Crippen LogP contribution in [0.3, 0.4) is 0 Å². The molecule has 2 unspecified atom stereocenters. The first-order valence-electron chi connectivity index (χ1n) is 8.33. The first-order chi connectivity index (χ1) is 11.7. The summed E-state index contributed by atoms with van der Waals surface area (Å²) in [6.07, 6.45) is 0.749. The highest BCUT2D eigenvalue weighted by atomic mass is 35.5. The molecule has 1 aliphatic carbocycles. The molecule has 2 bridgehead atoms. The predicted octanol–water partition coefficient (Wildman–Crippen LogP) is 4.89. The van der Waals surface area contributed by atoms with Gasteiger partial charge in [-0.2, -0.15) is 0 Å². The van der Waals surface area contributed by atoms with Gasteiger partial charge in [0.25, 0.3) is 10.0 Å². The molecule has 2 aliphatic heterocycles. The van der Waals surface area contributed by atoms with E-state index < -0.39 is 10.0 Å². The Hall–Kier alpha value is -1.78. The van der Waals surface area contributed by atoms with E-state index in [4.69, 9.17) is 11.6 Å². The maximum atomic E-state index is 13.6. The predicted molar refractivity (Wildman–Crippen MR) is 102 cm³/mol. The van der Waals surface area contributed by atoms with Crippen LogP contribution in [0.25, 0.3) is 0 Å². The van der Waals surface area contributed by atoms with Crippen molar-refractivity contribution in [2.75, 3.05) is 4.31 Å². The summed E-state index contributed by atoms with van der Waals surface area (Å²) >= 11 is 6.41. The Bertz CT molecular complexity index is 1000. The molecule has 2 aromatic carbocycles. The van der Waals surface area contributed by atoms with Gasteiger partial charge in [-0.3, -0.25) is 4.31 Å². The molecule has 2 atom stereocenters. The van der Waals surface area contributed by atoms with Crippen molar-refractivity contribution in [2.45, 2.75) is 44.0 Å². The van der Waals surface area contributed by atoms with E-state index in [-0.39, 0.29) is 12.0 Å². The third-order valence-electron chi connectivity index (χ3n) is 5.36. The molecule has 2 aromatic rings. The van der Waals surface area contributed by atoms with E-state index in [9.17, 15) is 8.42 Å². The SMILES string of the molecule is C=C1C2CC1N(S(=O)(=O)c1c(C)cc(C)cc1C)c1cccc(Cl)c12.